The van der Waals surface area contributed by atoms with Crippen molar-refractivity contribution in [3.8, 4) is 0 Å². The molecule has 0 radical (unpaired) electrons. The van der Waals surface area contributed by atoms with Crippen molar-refractivity contribution in [3.63, 3.8) is 0 Å². The molecule has 3 aromatic rings. The molecule has 0 fully saturated rings. The summed E-state index contributed by atoms with van der Waals surface area (Å²) in [6.45, 7) is 5.39. The van der Waals surface area contributed by atoms with Gasteiger partial charge in [-0.1, -0.05) is 12.1 Å². The van der Waals surface area contributed by atoms with Gasteiger partial charge in [0.05, 0.1) is 5.52 Å². The highest BCUT2D eigenvalue weighted by atomic mass is 16.2. The first-order valence-electron chi connectivity index (χ1n) is 8.09. The number of aromatic nitrogens is 2. The Morgan fingerprint density at radius 1 is 1.00 bits per heavy atom. The summed E-state index contributed by atoms with van der Waals surface area (Å²) in [7, 11) is 0. The van der Waals surface area contributed by atoms with Crippen molar-refractivity contribution in [2.45, 2.75) is 13.8 Å². The monoisotopic (exact) mass is 320 g/mol. The van der Waals surface area contributed by atoms with Gasteiger partial charge in [0.2, 0.25) is 0 Å². The summed E-state index contributed by atoms with van der Waals surface area (Å²) in [5, 5.41) is 4.26. The Morgan fingerprint density at radius 2 is 1.71 bits per heavy atom. The second kappa shape index (κ2) is 7.08. The van der Waals surface area contributed by atoms with Crippen LogP contribution in [0.1, 0.15) is 24.2 Å². The Bertz CT molecular complexity index is 836. The predicted molar refractivity (Wildman–Crippen MR) is 96.5 cm³/mol. The minimum atomic E-state index is 0.0547. The van der Waals surface area contributed by atoms with E-state index in [4.69, 9.17) is 0 Å². The van der Waals surface area contributed by atoms with Gasteiger partial charge >= 0.3 is 0 Å². The van der Waals surface area contributed by atoms with Crippen molar-refractivity contribution in [2.24, 2.45) is 0 Å². The molecule has 1 amide bonds. The maximum absolute atomic E-state index is 12.3. The zero-order chi connectivity index (χ0) is 16.9. The van der Waals surface area contributed by atoms with Gasteiger partial charge in [-0.3, -0.25) is 4.79 Å². The number of nitrogens with zero attached hydrogens (tertiary/aromatic N) is 3. The van der Waals surface area contributed by atoms with Crippen LogP contribution in [-0.2, 0) is 0 Å². The number of hydrogen-bond donors (Lipinski definition) is 1. The Hall–Kier alpha value is -2.95. The normalized spacial score (nSPS) is 10.6. The summed E-state index contributed by atoms with van der Waals surface area (Å²) < 4.78 is 0. The molecular formula is C19H20N4O. The van der Waals surface area contributed by atoms with Gasteiger partial charge in [0.1, 0.15) is 12.1 Å². The van der Waals surface area contributed by atoms with Gasteiger partial charge in [0.25, 0.3) is 5.91 Å². The van der Waals surface area contributed by atoms with Crippen LogP contribution in [0.5, 0.6) is 0 Å². The molecule has 0 atom stereocenters. The van der Waals surface area contributed by atoms with Gasteiger partial charge < -0.3 is 10.2 Å². The summed E-state index contributed by atoms with van der Waals surface area (Å²) in [6.07, 6.45) is 1.54. The Kier molecular flexibility index (Phi) is 4.70. The third-order valence-corrected chi connectivity index (χ3v) is 3.99. The number of carbonyl (C=O) groups is 1. The van der Waals surface area contributed by atoms with E-state index >= 15 is 0 Å². The quantitative estimate of drug-likeness (QED) is 0.775. The highest BCUT2D eigenvalue weighted by Crippen LogP contribution is 2.23. The lowest BCUT2D eigenvalue weighted by molar-refractivity contribution is 0.0773. The molecule has 1 heterocycles. The number of rotatable bonds is 5. The molecule has 0 aliphatic rings. The summed E-state index contributed by atoms with van der Waals surface area (Å²) in [6, 6.07) is 15.3. The van der Waals surface area contributed by atoms with E-state index in [1.54, 1.807) is 11.2 Å². The molecule has 0 aliphatic carbocycles. The fraction of sp³-hybridized carbons (Fsp3) is 0.211. The van der Waals surface area contributed by atoms with Crippen molar-refractivity contribution in [1.82, 2.24) is 14.9 Å². The van der Waals surface area contributed by atoms with Crippen LogP contribution in [-0.4, -0.2) is 33.9 Å². The standard InChI is InChI=1S/C19H20N4O/c1-3-23(4-2)19(24)14-9-11-15(12-10-14)22-18-16-7-5-6-8-17(16)20-13-21-18/h5-13H,3-4H2,1-2H3,(H,20,21,22). The Balaban J connectivity index is 1.82. The highest BCUT2D eigenvalue weighted by molar-refractivity contribution is 5.95. The number of carbonyl (C=O) groups excluding carboxylic acids is 1. The van der Waals surface area contributed by atoms with E-state index in [9.17, 15) is 4.79 Å². The molecule has 0 saturated carbocycles. The van der Waals surface area contributed by atoms with Crippen LogP contribution in [0.3, 0.4) is 0 Å². The molecule has 1 aromatic heterocycles. The number of benzene rings is 2. The first kappa shape index (κ1) is 15.9. The van der Waals surface area contributed by atoms with Gasteiger partial charge in [0, 0.05) is 29.7 Å². The fourth-order valence-electron chi connectivity index (χ4n) is 2.63. The zero-order valence-electron chi connectivity index (χ0n) is 13.9. The Labute approximate surface area is 141 Å². The molecule has 5 heteroatoms. The molecule has 3 rings (SSSR count). The second-order valence-electron chi connectivity index (χ2n) is 5.42. The number of hydrogen-bond acceptors (Lipinski definition) is 4. The lowest BCUT2D eigenvalue weighted by Crippen LogP contribution is -2.30. The van der Waals surface area contributed by atoms with E-state index in [1.165, 1.54) is 0 Å². The van der Waals surface area contributed by atoms with Crippen LogP contribution in [0.2, 0.25) is 0 Å². The highest BCUT2D eigenvalue weighted by Gasteiger charge is 2.12. The van der Waals surface area contributed by atoms with Crippen LogP contribution < -0.4 is 5.32 Å². The predicted octanol–water partition coefficient (Wildman–Crippen LogP) is 3.86. The first-order chi connectivity index (χ1) is 11.7. The van der Waals surface area contributed by atoms with Gasteiger partial charge in [-0.25, -0.2) is 9.97 Å². The lowest BCUT2D eigenvalue weighted by atomic mass is 10.1. The van der Waals surface area contributed by atoms with Crippen LogP contribution in [0.25, 0.3) is 10.9 Å². The Morgan fingerprint density at radius 3 is 2.42 bits per heavy atom. The summed E-state index contributed by atoms with van der Waals surface area (Å²) in [5.41, 5.74) is 2.47. The lowest BCUT2D eigenvalue weighted by Gasteiger charge is -2.18. The third kappa shape index (κ3) is 3.20. The molecule has 0 bridgehead atoms. The number of anilines is 2. The van der Waals surface area contributed by atoms with Gasteiger partial charge in [-0.15, -0.1) is 0 Å². The zero-order valence-corrected chi connectivity index (χ0v) is 13.9. The molecule has 5 nitrogen and oxygen atoms in total. The van der Waals surface area contributed by atoms with Crippen molar-refractivity contribution < 1.29 is 4.79 Å². The third-order valence-electron chi connectivity index (χ3n) is 3.99. The van der Waals surface area contributed by atoms with E-state index in [1.807, 2.05) is 62.4 Å². The topological polar surface area (TPSA) is 58.1 Å². The molecule has 1 N–H and O–H groups in total. The van der Waals surface area contributed by atoms with Crippen molar-refractivity contribution in [3.05, 3.63) is 60.4 Å². The molecule has 122 valence electrons. The average Bonchev–Trinajstić information content (AvgIpc) is 2.63. The number of nitrogens with one attached hydrogen (secondary N) is 1. The maximum Gasteiger partial charge on any atom is 0.253 e. The van der Waals surface area contributed by atoms with Gasteiger partial charge in [0.15, 0.2) is 0 Å². The first-order valence-corrected chi connectivity index (χ1v) is 8.09. The van der Waals surface area contributed by atoms with Crippen LogP contribution in [0, 0.1) is 0 Å². The van der Waals surface area contributed by atoms with E-state index in [2.05, 4.69) is 15.3 Å². The smallest absolute Gasteiger partial charge is 0.253 e. The number of para-hydroxylation sites is 1. The second-order valence-corrected chi connectivity index (χ2v) is 5.42. The average molecular weight is 320 g/mol. The summed E-state index contributed by atoms with van der Waals surface area (Å²) >= 11 is 0. The molecule has 0 spiro atoms. The van der Waals surface area contributed by atoms with Crippen LogP contribution in [0.4, 0.5) is 11.5 Å². The van der Waals surface area contributed by atoms with E-state index < -0.39 is 0 Å². The van der Waals surface area contributed by atoms with Crippen molar-refractivity contribution in [1.29, 1.82) is 0 Å². The molecule has 0 unspecified atom stereocenters. The van der Waals surface area contributed by atoms with Gasteiger partial charge in [-0.05, 0) is 50.2 Å². The fourth-order valence-corrected chi connectivity index (χ4v) is 2.63. The summed E-state index contributed by atoms with van der Waals surface area (Å²) in [5.74, 6) is 0.808. The number of amides is 1. The van der Waals surface area contributed by atoms with Crippen LogP contribution in [0.15, 0.2) is 54.9 Å². The van der Waals surface area contributed by atoms with Crippen LogP contribution >= 0.6 is 0 Å². The summed E-state index contributed by atoms with van der Waals surface area (Å²) in [4.78, 5) is 22.7. The van der Waals surface area contributed by atoms with Crippen molar-refractivity contribution in [2.75, 3.05) is 18.4 Å². The largest absolute Gasteiger partial charge is 0.340 e. The molecule has 0 saturated heterocycles. The SMILES string of the molecule is CCN(CC)C(=O)c1ccc(Nc2ncnc3ccccc23)cc1. The minimum Gasteiger partial charge on any atom is -0.340 e. The molecule has 2 aromatic carbocycles. The van der Waals surface area contributed by atoms with Crippen molar-refractivity contribution >= 4 is 28.3 Å². The van der Waals surface area contributed by atoms with E-state index in [0.717, 1.165) is 22.4 Å². The molecule has 0 aliphatic heterocycles. The maximum atomic E-state index is 12.3. The number of fused-ring (bicyclic) bond motifs is 1. The van der Waals surface area contributed by atoms with E-state index in [0.29, 0.717) is 18.7 Å². The minimum absolute atomic E-state index is 0.0547. The van der Waals surface area contributed by atoms with E-state index in [-0.39, 0.29) is 5.91 Å². The molecule has 24 heavy (non-hydrogen) atoms. The van der Waals surface area contributed by atoms with Gasteiger partial charge in [-0.2, -0.15) is 0 Å². The molecular weight excluding hydrogens is 300 g/mol.